The van der Waals surface area contributed by atoms with Crippen LogP contribution >= 0.6 is 0 Å². The van der Waals surface area contributed by atoms with Gasteiger partial charge in [-0.3, -0.25) is 9.18 Å². The molecule has 0 aromatic heterocycles. The number of halogens is 1. The lowest BCUT2D eigenvalue weighted by atomic mass is 10.1. The van der Waals surface area contributed by atoms with E-state index in [1.54, 1.807) is 0 Å². The smallest absolute Gasteiger partial charge is 0.247 e. The van der Waals surface area contributed by atoms with Gasteiger partial charge >= 0.3 is 0 Å². The van der Waals surface area contributed by atoms with Crippen LogP contribution in [0.1, 0.15) is 36.5 Å². The number of rotatable bonds is 7. The van der Waals surface area contributed by atoms with Crippen molar-refractivity contribution in [1.82, 2.24) is 0 Å². The fourth-order valence-electron chi connectivity index (χ4n) is 2.43. The van der Waals surface area contributed by atoms with Crippen LogP contribution in [0.15, 0.2) is 30.9 Å². The van der Waals surface area contributed by atoms with Gasteiger partial charge in [-0.1, -0.05) is 12.6 Å². The standard InChI is InChI=1S/C16H20FNO2/c1-2-16(19)18-13-7-5-12-6-8-15(14(12)11-13)20-10-4-3-9-17/h2,5,7,11,15H,1,3-4,6,8-10H2,(H,18,19). The quantitative estimate of drug-likeness (QED) is 0.611. The number of ether oxygens (including phenoxy) is 1. The predicted octanol–water partition coefficient (Wildman–Crippen LogP) is 3.56. The molecule has 0 heterocycles. The normalized spacial score (nSPS) is 16.8. The maximum Gasteiger partial charge on any atom is 0.247 e. The Kier molecular flexibility index (Phi) is 5.30. The second-order valence-corrected chi connectivity index (χ2v) is 4.90. The summed E-state index contributed by atoms with van der Waals surface area (Å²) in [7, 11) is 0. The van der Waals surface area contributed by atoms with Gasteiger partial charge in [0.1, 0.15) is 0 Å². The van der Waals surface area contributed by atoms with E-state index in [1.807, 2.05) is 18.2 Å². The van der Waals surface area contributed by atoms with Crippen molar-refractivity contribution >= 4 is 11.6 Å². The van der Waals surface area contributed by atoms with E-state index < -0.39 is 0 Å². The number of fused-ring (bicyclic) bond motifs is 1. The molecule has 0 fully saturated rings. The van der Waals surface area contributed by atoms with Gasteiger partial charge in [-0.15, -0.1) is 0 Å². The van der Waals surface area contributed by atoms with Gasteiger partial charge in [0.15, 0.2) is 0 Å². The van der Waals surface area contributed by atoms with Crippen molar-refractivity contribution in [3.05, 3.63) is 42.0 Å². The summed E-state index contributed by atoms with van der Waals surface area (Å²) < 4.78 is 17.9. The topological polar surface area (TPSA) is 38.3 Å². The molecule has 0 saturated carbocycles. The van der Waals surface area contributed by atoms with Crippen LogP contribution in [-0.4, -0.2) is 19.2 Å². The molecule has 2 rings (SSSR count). The van der Waals surface area contributed by atoms with Crippen LogP contribution < -0.4 is 5.32 Å². The predicted molar refractivity (Wildman–Crippen MR) is 77.5 cm³/mol. The van der Waals surface area contributed by atoms with Gasteiger partial charge in [-0.25, -0.2) is 0 Å². The number of amides is 1. The van der Waals surface area contributed by atoms with Gasteiger partial charge in [-0.2, -0.15) is 0 Å². The van der Waals surface area contributed by atoms with E-state index in [2.05, 4.69) is 11.9 Å². The molecule has 1 aliphatic rings. The van der Waals surface area contributed by atoms with E-state index in [1.165, 1.54) is 11.6 Å². The number of alkyl halides is 1. The maximum absolute atomic E-state index is 12.0. The van der Waals surface area contributed by atoms with Gasteiger partial charge in [0, 0.05) is 12.3 Å². The summed E-state index contributed by atoms with van der Waals surface area (Å²) in [6.07, 6.45) is 4.54. The molecule has 0 spiro atoms. The van der Waals surface area contributed by atoms with E-state index in [9.17, 15) is 9.18 Å². The lowest BCUT2D eigenvalue weighted by Crippen LogP contribution is -2.08. The van der Waals surface area contributed by atoms with E-state index >= 15 is 0 Å². The fourth-order valence-corrected chi connectivity index (χ4v) is 2.43. The highest BCUT2D eigenvalue weighted by Crippen LogP contribution is 2.35. The van der Waals surface area contributed by atoms with Gasteiger partial charge in [0.2, 0.25) is 5.91 Å². The summed E-state index contributed by atoms with van der Waals surface area (Å²) >= 11 is 0. The number of carbonyl (C=O) groups excluding carboxylic acids is 1. The molecule has 1 aliphatic carbocycles. The van der Waals surface area contributed by atoms with Gasteiger partial charge in [0.05, 0.1) is 12.8 Å². The molecule has 3 nitrogen and oxygen atoms in total. The Balaban J connectivity index is 1.99. The zero-order chi connectivity index (χ0) is 14.4. The fraction of sp³-hybridized carbons (Fsp3) is 0.438. The van der Waals surface area contributed by atoms with E-state index in [4.69, 9.17) is 4.74 Å². The molecule has 1 unspecified atom stereocenters. The molecule has 4 heteroatoms. The number of carbonyl (C=O) groups is 1. The average molecular weight is 277 g/mol. The van der Waals surface area contributed by atoms with Crippen molar-refractivity contribution in [3.8, 4) is 0 Å². The Hall–Kier alpha value is -1.68. The van der Waals surface area contributed by atoms with Crippen LogP contribution in [0.5, 0.6) is 0 Å². The highest BCUT2D eigenvalue weighted by molar-refractivity contribution is 5.98. The Bertz CT molecular complexity index is 487. The highest BCUT2D eigenvalue weighted by Gasteiger charge is 2.23. The second-order valence-electron chi connectivity index (χ2n) is 4.90. The zero-order valence-corrected chi connectivity index (χ0v) is 11.5. The molecule has 0 saturated heterocycles. The molecular weight excluding hydrogens is 257 g/mol. The summed E-state index contributed by atoms with van der Waals surface area (Å²) in [5.74, 6) is -0.219. The molecule has 0 aliphatic heterocycles. The Morgan fingerprint density at radius 3 is 3.10 bits per heavy atom. The first kappa shape index (κ1) is 14.7. The molecule has 1 N–H and O–H groups in total. The third-order valence-electron chi connectivity index (χ3n) is 3.47. The molecule has 108 valence electrons. The van der Waals surface area contributed by atoms with Crippen LogP contribution in [0.25, 0.3) is 0 Å². The van der Waals surface area contributed by atoms with Crippen LogP contribution in [0.3, 0.4) is 0 Å². The van der Waals surface area contributed by atoms with E-state index in [-0.39, 0.29) is 18.7 Å². The monoisotopic (exact) mass is 277 g/mol. The second kappa shape index (κ2) is 7.20. The third-order valence-corrected chi connectivity index (χ3v) is 3.47. The minimum atomic E-state index is -0.289. The molecule has 0 radical (unpaired) electrons. The molecule has 20 heavy (non-hydrogen) atoms. The SMILES string of the molecule is C=CC(=O)Nc1ccc2c(c1)C(OCCCCF)CC2. The third kappa shape index (κ3) is 3.67. The minimum absolute atomic E-state index is 0.0604. The van der Waals surface area contributed by atoms with Crippen molar-refractivity contribution in [2.24, 2.45) is 0 Å². The number of benzene rings is 1. The van der Waals surface area contributed by atoms with Crippen molar-refractivity contribution in [2.75, 3.05) is 18.6 Å². The summed E-state index contributed by atoms with van der Waals surface area (Å²) in [6, 6.07) is 5.88. The van der Waals surface area contributed by atoms with Crippen molar-refractivity contribution < 1.29 is 13.9 Å². The number of anilines is 1. The Morgan fingerprint density at radius 2 is 2.35 bits per heavy atom. The van der Waals surface area contributed by atoms with Gasteiger partial charge in [0.25, 0.3) is 0 Å². The Morgan fingerprint density at radius 1 is 1.50 bits per heavy atom. The number of unbranched alkanes of at least 4 members (excludes halogenated alkanes) is 1. The molecule has 1 amide bonds. The number of aryl methyl sites for hydroxylation is 1. The molecule has 1 aromatic carbocycles. The number of hydrogen-bond donors (Lipinski definition) is 1. The zero-order valence-electron chi connectivity index (χ0n) is 11.5. The van der Waals surface area contributed by atoms with Crippen LogP contribution in [0, 0.1) is 0 Å². The summed E-state index contributed by atoms with van der Waals surface area (Å²) in [4.78, 5) is 11.3. The molecule has 1 atom stereocenters. The van der Waals surface area contributed by atoms with E-state index in [0.717, 1.165) is 30.5 Å². The molecule has 0 bridgehead atoms. The van der Waals surface area contributed by atoms with Crippen molar-refractivity contribution in [3.63, 3.8) is 0 Å². The first-order chi connectivity index (χ1) is 9.74. The van der Waals surface area contributed by atoms with Crippen LogP contribution in [-0.2, 0) is 16.0 Å². The summed E-state index contributed by atoms with van der Waals surface area (Å²) in [5, 5.41) is 2.76. The first-order valence-corrected chi connectivity index (χ1v) is 6.98. The largest absolute Gasteiger partial charge is 0.374 e. The summed E-state index contributed by atoms with van der Waals surface area (Å²) in [5.41, 5.74) is 3.15. The van der Waals surface area contributed by atoms with E-state index in [0.29, 0.717) is 13.0 Å². The molecular formula is C16H20FNO2. The summed E-state index contributed by atoms with van der Waals surface area (Å²) in [6.45, 7) is 3.73. The first-order valence-electron chi connectivity index (χ1n) is 6.98. The minimum Gasteiger partial charge on any atom is -0.374 e. The highest BCUT2D eigenvalue weighted by atomic mass is 19.1. The molecule has 1 aromatic rings. The lowest BCUT2D eigenvalue weighted by Gasteiger charge is -2.14. The maximum atomic E-state index is 12.0. The Labute approximate surface area is 118 Å². The number of hydrogen-bond acceptors (Lipinski definition) is 2. The number of nitrogens with one attached hydrogen (secondary N) is 1. The average Bonchev–Trinajstić information content (AvgIpc) is 2.86. The lowest BCUT2D eigenvalue weighted by molar-refractivity contribution is -0.111. The van der Waals surface area contributed by atoms with Crippen molar-refractivity contribution in [2.45, 2.75) is 31.8 Å². The van der Waals surface area contributed by atoms with Crippen molar-refractivity contribution in [1.29, 1.82) is 0 Å². The van der Waals surface area contributed by atoms with Crippen LogP contribution in [0.2, 0.25) is 0 Å². The van der Waals surface area contributed by atoms with Gasteiger partial charge in [-0.05, 0) is 55.0 Å². The van der Waals surface area contributed by atoms with Crippen LogP contribution in [0.4, 0.5) is 10.1 Å². The van der Waals surface area contributed by atoms with Gasteiger partial charge < -0.3 is 10.1 Å².